The second-order valence-corrected chi connectivity index (χ2v) is 7.64. The average Bonchev–Trinajstić information content (AvgIpc) is 2.70. The molecular formula is C16H29N3S. The molecular weight excluding hydrogens is 266 g/mol. The summed E-state index contributed by atoms with van der Waals surface area (Å²) in [6.45, 7) is 10.1. The van der Waals surface area contributed by atoms with Crippen molar-refractivity contribution >= 4 is 11.8 Å². The van der Waals surface area contributed by atoms with Gasteiger partial charge in [0.15, 0.2) is 0 Å². The van der Waals surface area contributed by atoms with Crippen molar-refractivity contribution in [2.45, 2.75) is 63.3 Å². The van der Waals surface area contributed by atoms with Crippen molar-refractivity contribution in [2.24, 2.45) is 18.9 Å². The predicted molar refractivity (Wildman–Crippen MR) is 87.2 cm³/mol. The fourth-order valence-electron chi connectivity index (χ4n) is 3.24. The second kappa shape index (κ2) is 6.99. The largest absolute Gasteiger partial charge is 0.313 e. The molecule has 3 nitrogen and oxygen atoms in total. The van der Waals surface area contributed by atoms with E-state index in [-0.39, 0.29) is 0 Å². The van der Waals surface area contributed by atoms with Gasteiger partial charge >= 0.3 is 0 Å². The van der Waals surface area contributed by atoms with Crippen molar-refractivity contribution in [1.29, 1.82) is 0 Å². The molecule has 0 spiro atoms. The molecule has 3 atom stereocenters. The summed E-state index contributed by atoms with van der Waals surface area (Å²) in [4.78, 5) is 0. The van der Waals surface area contributed by atoms with E-state index in [2.05, 4.69) is 51.2 Å². The zero-order valence-corrected chi connectivity index (χ0v) is 14.3. The number of hydrogen-bond acceptors (Lipinski definition) is 3. The van der Waals surface area contributed by atoms with Crippen LogP contribution in [0.3, 0.4) is 0 Å². The van der Waals surface area contributed by atoms with E-state index in [0.29, 0.717) is 11.3 Å². The Balaban J connectivity index is 2.08. The molecule has 1 fully saturated rings. The van der Waals surface area contributed by atoms with Gasteiger partial charge in [0.2, 0.25) is 0 Å². The van der Waals surface area contributed by atoms with Gasteiger partial charge in [0.05, 0.1) is 10.7 Å². The third kappa shape index (κ3) is 3.79. The van der Waals surface area contributed by atoms with Crippen molar-refractivity contribution in [2.75, 3.05) is 6.54 Å². The summed E-state index contributed by atoms with van der Waals surface area (Å²) in [6.07, 6.45) is 4.01. The van der Waals surface area contributed by atoms with Crippen LogP contribution in [-0.2, 0) is 7.05 Å². The summed E-state index contributed by atoms with van der Waals surface area (Å²) < 4.78 is 2.03. The van der Waals surface area contributed by atoms with Gasteiger partial charge in [-0.25, -0.2) is 0 Å². The maximum absolute atomic E-state index is 4.48. The van der Waals surface area contributed by atoms with E-state index in [4.69, 9.17) is 0 Å². The highest BCUT2D eigenvalue weighted by molar-refractivity contribution is 7.99. The van der Waals surface area contributed by atoms with Gasteiger partial charge < -0.3 is 5.32 Å². The topological polar surface area (TPSA) is 29.9 Å². The Morgan fingerprint density at radius 3 is 2.75 bits per heavy atom. The highest BCUT2D eigenvalue weighted by Crippen LogP contribution is 2.39. The first kappa shape index (κ1) is 15.9. The van der Waals surface area contributed by atoms with Gasteiger partial charge in [-0.3, -0.25) is 4.68 Å². The molecule has 0 radical (unpaired) electrons. The molecule has 114 valence electrons. The normalized spacial score (nSPS) is 27.2. The minimum Gasteiger partial charge on any atom is -0.313 e. The van der Waals surface area contributed by atoms with E-state index in [1.54, 1.807) is 0 Å². The van der Waals surface area contributed by atoms with Crippen molar-refractivity contribution in [1.82, 2.24) is 15.1 Å². The molecule has 0 amide bonds. The Morgan fingerprint density at radius 1 is 1.45 bits per heavy atom. The Labute approximate surface area is 127 Å². The van der Waals surface area contributed by atoms with Gasteiger partial charge in [-0.2, -0.15) is 5.10 Å². The highest BCUT2D eigenvalue weighted by atomic mass is 32.2. The van der Waals surface area contributed by atoms with E-state index >= 15 is 0 Å². The zero-order chi connectivity index (χ0) is 14.7. The molecule has 1 heterocycles. The lowest BCUT2D eigenvalue weighted by atomic mass is 9.79. The lowest BCUT2D eigenvalue weighted by Crippen LogP contribution is -2.43. The van der Waals surface area contributed by atoms with Crippen LogP contribution in [0.1, 0.15) is 45.7 Å². The third-order valence-corrected chi connectivity index (χ3v) is 5.92. The van der Waals surface area contributed by atoms with Gasteiger partial charge in [-0.05, 0) is 50.6 Å². The molecule has 4 heteroatoms. The Morgan fingerprint density at radius 2 is 2.20 bits per heavy atom. The molecule has 0 aromatic carbocycles. The monoisotopic (exact) mass is 295 g/mol. The number of aromatic nitrogens is 2. The van der Waals surface area contributed by atoms with E-state index in [1.807, 2.05) is 16.4 Å². The van der Waals surface area contributed by atoms with Gasteiger partial charge in [-0.1, -0.05) is 20.8 Å². The molecule has 1 aliphatic rings. The second-order valence-electron chi connectivity index (χ2n) is 6.39. The van der Waals surface area contributed by atoms with Crippen LogP contribution in [0.25, 0.3) is 0 Å². The molecule has 2 rings (SSSR count). The summed E-state index contributed by atoms with van der Waals surface area (Å²) in [6, 6.07) is 2.86. The van der Waals surface area contributed by atoms with Crippen LogP contribution in [-0.4, -0.2) is 27.6 Å². The van der Waals surface area contributed by atoms with Crippen LogP contribution in [0.5, 0.6) is 0 Å². The van der Waals surface area contributed by atoms with Gasteiger partial charge in [0.25, 0.3) is 0 Å². The molecule has 1 aromatic heterocycles. The van der Waals surface area contributed by atoms with Crippen molar-refractivity contribution < 1.29 is 0 Å². The smallest absolute Gasteiger partial charge is 0.0942 e. The van der Waals surface area contributed by atoms with Crippen LogP contribution in [0.15, 0.2) is 11.1 Å². The molecule has 1 aliphatic carbocycles. The molecule has 0 bridgehead atoms. The zero-order valence-electron chi connectivity index (χ0n) is 13.5. The number of thioether (sulfide) groups is 1. The average molecular weight is 295 g/mol. The SMILES string of the molecule is CCNC1CCC(C(C)C)CC1Sc1cc(C)nn1C. The maximum Gasteiger partial charge on any atom is 0.0942 e. The van der Waals surface area contributed by atoms with Crippen LogP contribution >= 0.6 is 11.8 Å². The fourth-order valence-corrected chi connectivity index (χ4v) is 4.73. The first-order valence-corrected chi connectivity index (χ1v) is 8.79. The van der Waals surface area contributed by atoms with E-state index in [1.165, 1.54) is 24.3 Å². The summed E-state index contributed by atoms with van der Waals surface area (Å²) in [5.41, 5.74) is 1.12. The molecule has 20 heavy (non-hydrogen) atoms. The summed E-state index contributed by atoms with van der Waals surface area (Å²) in [5, 5.41) is 10.1. The quantitative estimate of drug-likeness (QED) is 0.899. The van der Waals surface area contributed by atoms with E-state index < -0.39 is 0 Å². The minimum absolute atomic E-state index is 0.648. The van der Waals surface area contributed by atoms with Gasteiger partial charge in [-0.15, -0.1) is 11.8 Å². The lowest BCUT2D eigenvalue weighted by Gasteiger charge is -2.37. The standard InChI is InChI=1S/C16H29N3S/c1-6-17-14-8-7-13(11(2)3)10-15(14)20-16-9-12(4)18-19(16)5/h9,11,13-15,17H,6-8,10H2,1-5H3. The minimum atomic E-state index is 0.648. The number of nitrogens with zero attached hydrogens (tertiary/aromatic N) is 2. The van der Waals surface area contributed by atoms with Crippen molar-refractivity contribution in [3.63, 3.8) is 0 Å². The molecule has 1 aromatic rings. The van der Waals surface area contributed by atoms with E-state index in [9.17, 15) is 0 Å². The van der Waals surface area contributed by atoms with Crippen molar-refractivity contribution in [3.05, 3.63) is 11.8 Å². The van der Waals surface area contributed by atoms with E-state index in [0.717, 1.165) is 24.1 Å². The molecule has 0 aliphatic heterocycles. The van der Waals surface area contributed by atoms with Gasteiger partial charge in [0.1, 0.15) is 0 Å². The van der Waals surface area contributed by atoms with Crippen LogP contribution in [0, 0.1) is 18.8 Å². The maximum atomic E-state index is 4.48. The van der Waals surface area contributed by atoms with Crippen molar-refractivity contribution in [3.8, 4) is 0 Å². The summed E-state index contributed by atoms with van der Waals surface area (Å²) >= 11 is 2.02. The fraction of sp³-hybridized carbons (Fsp3) is 0.812. The van der Waals surface area contributed by atoms with Crippen LogP contribution < -0.4 is 5.32 Å². The Bertz CT molecular complexity index is 427. The van der Waals surface area contributed by atoms with Gasteiger partial charge in [0, 0.05) is 18.3 Å². The molecule has 1 saturated carbocycles. The first-order valence-electron chi connectivity index (χ1n) is 7.92. The Kier molecular flexibility index (Phi) is 5.56. The van der Waals surface area contributed by atoms with Crippen LogP contribution in [0.2, 0.25) is 0 Å². The number of hydrogen-bond donors (Lipinski definition) is 1. The molecule has 3 unspecified atom stereocenters. The predicted octanol–water partition coefficient (Wildman–Crippen LogP) is 3.62. The third-order valence-electron chi connectivity index (χ3n) is 4.47. The first-order chi connectivity index (χ1) is 9.51. The van der Waals surface area contributed by atoms with Crippen LogP contribution in [0.4, 0.5) is 0 Å². The summed E-state index contributed by atoms with van der Waals surface area (Å²) in [5.74, 6) is 1.67. The number of nitrogens with one attached hydrogen (secondary N) is 1. The highest BCUT2D eigenvalue weighted by Gasteiger charge is 2.32. The number of aryl methyl sites for hydroxylation is 2. The summed E-state index contributed by atoms with van der Waals surface area (Å²) in [7, 11) is 2.06. The Hall–Kier alpha value is -0.480. The number of rotatable bonds is 5. The molecule has 1 N–H and O–H groups in total. The lowest BCUT2D eigenvalue weighted by molar-refractivity contribution is 0.247. The molecule has 0 saturated heterocycles.